The maximum absolute atomic E-state index is 9.55. The lowest BCUT2D eigenvalue weighted by Crippen LogP contribution is -2.12. The van der Waals surface area contributed by atoms with E-state index < -0.39 is 0 Å². The van der Waals surface area contributed by atoms with Crippen molar-refractivity contribution >= 4 is 0 Å². The molecule has 0 amide bonds. The van der Waals surface area contributed by atoms with E-state index in [1.165, 1.54) is 0 Å². The summed E-state index contributed by atoms with van der Waals surface area (Å²) in [4.78, 5) is 0. The van der Waals surface area contributed by atoms with Crippen molar-refractivity contribution in [1.29, 1.82) is 0 Å². The second-order valence-electron chi connectivity index (χ2n) is 3.59. The second kappa shape index (κ2) is 7.56. The third kappa shape index (κ3) is 5.75. The zero-order chi connectivity index (χ0) is 11.0. The van der Waals surface area contributed by atoms with Gasteiger partial charge in [-0.3, -0.25) is 5.10 Å². The van der Waals surface area contributed by atoms with Crippen molar-refractivity contribution in [3.8, 4) is 0 Å². The van der Waals surface area contributed by atoms with Crippen molar-refractivity contribution in [2.24, 2.45) is 5.92 Å². The summed E-state index contributed by atoms with van der Waals surface area (Å²) in [6, 6.07) is 0. The Bertz CT molecular complexity index is 207. The first kappa shape index (κ1) is 13.2. The SMILES string of the molecule is CC.CC(C)CC(O)Cc1cn[nH]c1. The van der Waals surface area contributed by atoms with Crippen molar-refractivity contribution in [3.05, 3.63) is 18.0 Å². The third-order valence-corrected chi connectivity index (χ3v) is 1.77. The number of aromatic amines is 1. The zero-order valence-corrected chi connectivity index (χ0v) is 9.62. The fourth-order valence-corrected chi connectivity index (χ4v) is 1.29. The van der Waals surface area contributed by atoms with Crippen LogP contribution in [0.15, 0.2) is 12.4 Å². The van der Waals surface area contributed by atoms with Crippen molar-refractivity contribution < 1.29 is 5.11 Å². The largest absolute Gasteiger partial charge is 0.393 e. The first-order valence-electron chi connectivity index (χ1n) is 5.34. The zero-order valence-electron chi connectivity index (χ0n) is 9.62. The van der Waals surface area contributed by atoms with Gasteiger partial charge in [0.25, 0.3) is 0 Å². The smallest absolute Gasteiger partial charge is 0.0584 e. The fraction of sp³-hybridized carbons (Fsp3) is 0.727. The molecule has 1 aromatic rings. The topological polar surface area (TPSA) is 48.9 Å². The van der Waals surface area contributed by atoms with Gasteiger partial charge in [0.15, 0.2) is 0 Å². The summed E-state index contributed by atoms with van der Waals surface area (Å²) in [7, 11) is 0. The fourth-order valence-electron chi connectivity index (χ4n) is 1.29. The van der Waals surface area contributed by atoms with E-state index in [-0.39, 0.29) is 6.10 Å². The molecule has 1 aromatic heterocycles. The van der Waals surface area contributed by atoms with E-state index >= 15 is 0 Å². The molecule has 2 N–H and O–H groups in total. The molecule has 3 nitrogen and oxygen atoms in total. The Morgan fingerprint density at radius 2 is 2.07 bits per heavy atom. The summed E-state index contributed by atoms with van der Waals surface area (Å²) in [6.07, 6.45) is 4.90. The number of aliphatic hydroxyl groups excluding tert-OH is 1. The van der Waals surface area contributed by atoms with Gasteiger partial charge in [-0.25, -0.2) is 0 Å². The highest BCUT2D eigenvalue weighted by Crippen LogP contribution is 2.09. The highest BCUT2D eigenvalue weighted by Gasteiger charge is 2.07. The van der Waals surface area contributed by atoms with Gasteiger partial charge in [-0.2, -0.15) is 5.10 Å². The number of hydrogen-bond acceptors (Lipinski definition) is 2. The van der Waals surface area contributed by atoms with Crippen LogP contribution in [0.1, 0.15) is 39.7 Å². The number of aromatic nitrogens is 2. The molecule has 0 spiro atoms. The van der Waals surface area contributed by atoms with Gasteiger partial charge >= 0.3 is 0 Å². The molecule has 0 aliphatic carbocycles. The van der Waals surface area contributed by atoms with Crippen molar-refractivity contribution in [2.45, 2.75) is 46.6 Å². The van der Waals surface area contributed by atoms with Crippen LogP contribution in [0.4, 0.5) is 0 Å². The monoisotopic (exact) mass is 198 g/mol. The number of aliphatic hydroxyl groups is 1. The third-order valence-electron chi connectivity index (χ3n) is 1.77. The van der Waals surface area contributed by atoms with Crippen LogP contribution in [0, 0.1) is 5.92 Å². The van der Waals surface area contributed by atoms with E-state index in [2.05, 4.69) is 24.0 Å². The Morgan fingerprint density at radius 3 is 2.50 bits per heavy atom. The molecule has 0 bridgehead atoms. The average Bonchev–Trinajstić information content (AvgIpc) is 2.59. The van der Waals surface area contributed by atoms with Gasteiger partial charge in [0.1, 0.15) is 0 Å². The normalized spacial score (nSPS) is 12.1. The van der Waals surface area contributed by atoms with E-state index in [1.54, 1.807) is 6.20 Å². The Kier molecular flexibility index (Phi) is 7.11. The molecule has 3 heteroatoms. The first-order valence-corrected chi connectivity index (χ1v) is 5.34. The lowest BCUT2D eigenvalue weighted by molar-refractivity contribution is 0.149. The van der Waals surface area contributed by atoms with E-state index in [4.69, 9.17) is 0 Å². The summed E-state index contributed by atoms with van der Waals surface area (Å²) in [5, 5.41) is 16.1. The summed E-state index contributed by atoms with van der Waals surface area (Å²) in [5.74, 6) is 0.548. The Morgan fingerprint density at radius 1 is 1.43 bits per heavy atom. The van der Waals surface area contributed by atoms with E-state index in [0.29, 0.717) is 12.3 Å². The molecular formula is C11H22N2O. The molecule has 14 heavy (non-hydrogen) atoms. The van der Waals surface area contributed by atoms with Crippen LogP contribution in [-0.2, 0) is 6.42 Å². The molecule has 1 rings (SSSR count). The number of hydrogen-bond donors (Lipinski definition) is 2. The highest BCUT2D eigenvalue weighted by atomic mass is 16.3. The van der Waals surface area contributed by atoms with E-state index in [1.807, 2.05) is 20.0 Å². The minimum atomic E-state index is -0.234. The summed E-state index contributed by atoms with van der Waals surface area (Å²) in [6.45, 7) is 8.22. The molecule has 0 radical (unpaired) electrons. The van der Waals surface area contributed by atoms with Crippen LogP contribution in [-0.4, -0.2) is 21.4 Å². The van der Waals surface area contributed by atoms with Crippen molar-refractivity contribution in [2.75, 3.05) is 0 Å². The standard InChI is InChI=1S/C9H16N2O.C2H6/c1-7(2)3-9(12)4-8-5-10-11-6-8;1-2/h5-7,9,12H,3-4H2,1-2H3,(H,10,11);1-2H3. The number of nitrogens with one attached hydrogen (secondary N) is 1. The Labute approximate surface area is 86.5 Å². The van der Waals surface area contributed by atoms with Crippen LogP contribution < -0.4 is 0 Å². The van der Waals surface area contributed by atoms with Gasteiger partial charge in [-0.1, -0.05) is 27.7 Å². The first-order chi connectivity index (χ1) is 6.68. The van der Waals surface area contributed by atoms with Crippen molar-refractivity contribution in [3.63, 3.8) is 0 Å². The minimum Gasteiger partial charge on any atom is -0.393 e. The van der Waals surface area contributed by atoms with Gasteiger partial charge in [-0.15, -0.1) is 0 Å². The lowest BCUT2D eigenvalue weighted by Gasteiger charge is -2.11. The van der Waals surface area contributed by atoms with Crippen LogP contribution in [0.5, 0.6) is 0 Å². The molecule has 1 unspecified atom stereocenters. The molecule has 0 aromatic carbocycles. The Hall–Kier alpha value is -0.830. The predicted molar refractivity (Wildman–Crippen MR) is 59.1 cm³/mol. The molecule has 0 saturated carbocycles. The number of nitrogens with zero attached hydrogens (tertiary/aromatic N) is 1. The molecule has 1 atom stereocenters. The lowest BCUT2D eigenvalue weighted by atomic mass is 10.0. The quantitative estimate of drug-likeness (QED) is 0.780. The Balaban J connectivity index is 0.000000791. The summed E-state index contributed by atoms with van der Waals surface area (Å²) >= 11 is 0. The maximum atomic E-state index is 9.55. The molecule has 0 aliphatic rings. The second-order valence-corrected chi connectivity index (χ2v) is 3.59. The molecule has 0 fully saturated rings. The van der Waals surface area contributed by atoms with Crippen molar-refractivity contribution in [1.82, 2.24) is 10.2 Å². The van der Waals surface area contributed by atoms with Crippen LogP contribution >= 0.6 is 0 Å². The molecule has 0 aliphatic heterocycles. The molecule has 1 heterocycles. The van der Waals surface area contributed by atoms with Gasteiger partial charge < -0.3 is 5.11 Å². The number of rotatable bonds is 4. The molecule has 0 saturated heterocycles. The summed E-state index contributed by atoms with van der Waals surface area (Å²) in [5.41, 5.74) is 1.07. The predicted octanol–water partition coefficient (Wildman–Crippen LogP) is 2.39. The average molecular weight is 198 g/mol. The van der Waals surface area contributed by atoms with Gasteiger partial charge in [-0.05, 0) is 17.9 Å². The van der Waals surface area contributed by atoms with E-state index in [0.717, 1.165) is 12.0 Å². The molecular weight excluding hydrogens is 176 g/mol. The minimum absolute atomic E-state index is 0.234. The summed E-state index contributed by atoms with van der Waals surface area (Å²) < 4.78 is 0. The van der Waals surface area contributed by atoms with Crippen LogP contribution in [0.2, 0.25) is 0 Å². The van der Waals surface area contributed by atoms with Gasteiger partial charge in [0.05, 0.1) is 12.3 Å². The van der Waals surface area contributed by atoms with Gasteiger partial charge in [0, 0.05) is 12.6 Å². The maximum Gasteiger partial charge on any atom is 0.0584 e. The number of H-pyrrole nitrogens is 1. The van der Waals surface area contributed by atoms with Crippen LogP contribution in [0.3, 0.4) is 0 Å². The highest BCUT2D eigenvalue weighted by molar-refractivity contribution is 5.03. The van der Waals surface area contributed by atoms with Gasteiger partial charge in [0.2, 0.25) is 0 Å². The molecule has 82 valence electrons. The van der Waals surface area contributed by atoms with E-state index in [9.17, 15) is 5.11 Å². The van der Waals surface area contributed by atoms with Crippen LogP contribution in [0.25, 0.3) is 0 Å².